The van der Waals surface area contributed by atoms with Crippen LogP contribution in [0.1, 0.15) is 68.7 Å². The molecule has 0 radical (unpaired) electrons. The summed E-state index contributed by atoms with van der Waals surface area (Å²) in [6, 6.07) is 0. The second-order valence-electron chi connectivity index (χ2n) is 1.71. The normalized spacial score (nSPS) is 5.43. The van der Waals surface area contributed by atoms with Gasteiger partial charge in [-0.2, -0.15) is 0 Å². The van der Waals surface area contributed by atoms with Gasteiger partial charge < -0.3 is 0 Å². The fraction of sp³-hybridized carbons (Fsp3) is 0.833. The molecule has 0 aliphatic carbocycles. The van der Waals surface area contributed by atoms with Gasteiger partial charge in [-0.1, -0.05) is 67.2 Å². The van der Waals surface area contributed by atoms with E-state index in [0.717, 1.165) is 0 Å². The molecule has 0 saturated carbocycles. The monoisotopic (exact) mass is 225 g/mol. The Morgan fingerprint density at radius 2 is 1.00 bits per heavy atom. The third-order valence-electron chi connectivity index (χ3n) is 0.957. The highest BCUT2D eigenvalue weighted by Crippen LogP contribution is 1.95. The Kier molecular flexibility index (Phi) is 241. The fourth-order valence-corrected chi connectivity index (χ4v) is 0.500. The molecule has 0 aromatic carbocycles. The molecule has 0 aromatic rings. The van der Waals surface area contributed by atoms with Crippen LogP contribution in [0.2, 0.25) is 0 Å². The first-order valence-electron chi connectivity index (χ1n) is 5.67. The molecule has 0 saturated heterocycles. The van der Waals surface area contributed by atoms with Crippen LogP contribution in [0.15, 0.2) is 13.2 Å². The van der Waals surface area contributed by atoms with Gasteiger partial charge in [-0.25, -0.2) is 0 Å². The minimum Gasteiger partial charge on any atom is -0.281 e. The van der Waals surface area contributed by atoms with Gasteiger partial charge in [0.2, 0.25) is 0 Å². The van der Waals surface area contributed by atoms with Gasteiger partial charge in [-0.15, -0.1) is 26.0 Å². The molecule has 0 rings (SSSR count). The minimum absolute atomic E-state index is 0. The molecule has 0 bridgehead atoms. The summed E-state index contributed by atoms with van der Waals surface area (Å²) in [4.78, 5) is 0. The lowest BCUT2D eigenvalue weighted by molar-refractivity contribution is 0.702. The molecule has 0 atom stereocenters. The van der Waals surface area contributed by atoms with Gasteiger partial charge in [0.15, 0.2) is 0 Å². The number of hydrogen-bond acceptors (Lipinski definition) is 2. The second-order valence-corrected chi connectivity index (χ2v) is 1.71. The summed E-state index contributed by atoms with van der Waals surface area (Å²) < 4.78 is 0. The molecule has 94 valence electrons. The molecule has 0 aliphatic rings. The van der Waals surface area contributed by atoms with E-state index in [-0.39, 0.29) is 1.43 Å². The zero-order chi connectivity index (χ0) is 12.8. The van der Waals surface area contributed by atoms with Crippen molar-refractivity contribution in [3.05, 3.63) is 13.2 Å². The predicted octanol–water partition coefficient (Wildman–Crippen LogP) is 5.48. The van der Waals surface area contributed by atoms with Gasteiger partial charge in [0, 0.05) is 1.43 Å². The maximum Gasteiger partial charge on any atom is 0 e. The van der Waals surface area contributed by atoms with Gasteiger partial charge in [0.05, 0.1) is 0 Å². The Morgan fingerprint density at radius 3 is 1.07 bits per heavy atom. The molecule has 14 heavy (non-hydrogen) atoms. The van der Waals surface area contributed by atoms with Gasteiger partial charge >= 0.3 is 0 Å². The SMILES string of the molecule is C=C.CC.CC.CCCCCC.NS.[HH]. The number of unbranched alkanes of at least 4 members (excludes halogenated alkanes) is 3. The van der Waals surface area contributed by atoms with E-state index in [2.05, 4.69) is 45.0 Å². The average molecular weight is 225 g/mol. The van der Waals surface area contributed by atoms with E-state index in [1.165, 1.54) is 25.7 Å². The lowest BCUT2D eigenvalue weighted by Gasteiger charge is -1.86. The zero-order valence-electron chi connectivity index (χ0n) is 11.3. The molecular weight excluding hydrogens is 190 g/mol. The minimum atomic E-state index is 0. The van der Waals surface area contributed by atoms with Crippen LogP contribution in [0, 0.1) is 0 Å². The van der Waals surface area contributed by atoms with E-state index in [0.29, 0.717) is 0 Å². The van der Waals surface area contributed by atoms with Crippen molar-refractivity contribution in [3.63, 3.8) is 0 Å². The van der Waals surface area contributed by atoms with Crippen molar-refractivity contribution in [1.29, 1.82) is 0 Å². The predicted molar refractivity (Wildman–Crippen MR) is 79.1 cm³/mol. The lowest BCUT2D eigenvalue weighted by Crippen LogP contribution is -1.66. The smallest absolute Gasteiger partial charge is 0 e. The molecular formula is C12H35NS. The maximum absolute atomic E-state index is 4.19. The van der Waals surface area contributed by atoms with E-state index < -0.39 is 0 Å². The molecule has 0 spiro atoms. The molecule has 1 nitrogen and oxygen atoms in total. The van der Waals surface area contributed by atoms with Gasteiger partial charge in [-0.05, 0) is 0 Å². The maximum atomic E-state index is 4.19. The van der Waals surface area contributed by atoms with Crippen molar-refractivity contribution >= 4 is 12.8 Å². The molecule has 2 N–H and O–H groups in total. The van der Waals surface area contributed by atoms with Crippen LogP contribution >= 0.6 is 12.8 Å². The number of nitrogens with two attached hydrogens (primary N) is 1. The summed E-state index contributed by atoms with van der Waals surface area (Å²) in [5.41, 5.74) is 0. The average Bonchev–Trinajstić information content (AvgIpc) is 2.36. The van der Waals surface area contributed by atoms with Crippen molar-refractivity contribution in [3.8, 4) is 0 Å². The van der Waals surface area contributed by atoms with Crippen LogP contribution in [0.4, 0.5) is 0 Å². The van der Waals surface area contributed by atoms with Crippen molar-refractivity contribution in [2.75, 3.05) is 0 Å². The Hall–Kier alpha value is 0.0500. The van der Waals surface area contributed by atoms with Crippen molar-refractivity contribution in [2.45, 2.75) is 67.2 Å². The third-order valence-corrected chi connectivity index (χ3v) is 0.957. The number of hydrogen-bond donors (Lipinski definition) is 2. The highest BCUT2D eigenvalue weighted by Gasteiger charge is 1.75. The molecule has 0 amide bonds. The van der Waals surface area contributed by atoms with Crippen molar-refractivity contribution in [1.82, 2.24) is 0 Å². The summed E-state index contributed by atoms with van der Waals surface area (Å²) >= 11 is 3.03. The third kappa shape index (κ3) is 158. The molecule has 0 unspecified atom stereocenters. The van der Waals surface area contributed by atoms with E-state index in [1.54, 1.807) is 0 Å². The molecule has 2 heteroatoms. The largest absolute Gasteiger partial charge is 0.281 e. The summed E-state index contributed by atoms with van der Waals surface area (Å²) in [6.45, 7) is 18.5. The lowest BCUT2D eigenvalue weighted by atomic mass is 10.2. The van der Waals surface area contributed by atoms with E-state index in [4.69, 9.17) is 0 Å². The first-order chi connectivity index (χ1) is 6.91. The van der Waals surface area contributed by atoms with E-state index in [9.17, 15) is 0 Å². The highest BCUT2D eigenvalue weighted by molar-refractivity contribution is 7.77. The van der Waals surface area contributed by atoms with Crippen molar-refractivity contribution < 1.29 is 1.43 Å². The van der Waals surface area contributed by atoms with E-state index >= 15 is 0 Å². The summed E-state index contributed by atoms with van der Waals surface area (Å²) in [5.74, 6) is 0. The summed E-state index contributed by atoms with van der Waals surface area (Å²) in [6.07, 6.45) is 5.54. The topological polar surface area (TPSA) is 26.0 Å². The number of thiol groups is 1. The number of rotatable bonds is 3. The van der Waals surface area contributed by atoms with Crippen LogP contribution in [-0.4, -0.2) is 0 Å². The second kappa shape index (κ2) is 116. The molecule has 0 aromatic heterocycles. The fourth-order valence-electron chi connectivity index (χ4n) is 0.500. The molecule has 0 aliphatic heterocycles. The van der Waals surface area contributed by atoms with Crippen LogP contribution in [0.5, 0.6) is 0 Å². The molecule has 0 fully saturated rings. The Labute approximate surface area is 100 Å². The first kappa shape index (κ1) is 29.2. The Balaban J connectivity index is -0.0000000194. The first-order valence-corrected chi connectivity index (χ1v) is 6.19. The van der Waals surface area contributed by atoms with E-state index in [1.807, 2.05) is 27.7 Å². The van der Waals surface area contributed by atoms with Crippen molar-refractivity contribution in [2.24, 2.45) is 5.14 Å². The Bertz CT molecular complexity index is 34.8. The van der Waals surface area contributed by atoms with Crippen LogP contribution < -0.4 is 5.14 Å². The zero-order valence-corrected chi connectivity index (χ0v) is 12.2. The quantitative estimate of drug-likeness (QED) is 0.371. The van der Waals surface area contributed by atoms with Crippen LogP contribution in [-0.2, 0) is 0 Å². The van der Waals surface area contributed by atoms with Gasteiger partial charge in [0.25, 0.3) is 0 Å². The van der Waals surface area contributed by atoms with Crippen LogP contribution in [0.3, 0.4) is 0 Å². The summed E-state index contributed by atoms with van der Waals surface area (Å²) in [7, 11) is 0. The van der Waals surface area contributed by atoms with Gasteiger partial charge in [-0.3, -0.25) is 5.14 Å². The summed E-state index contributed by atoms with van der Waals surface area (Å²) in [5, 5.41) is 4.19. The molecule has 0 heterocycles. The standard InChI is InChI=1S/C6H14.2C2H6.C2H4.H3NS.H2/c1-3-5-6-4-2;4*1-2;/h3-6H2,1-2H3;2*1-2H3;1-2H2;2H,1H2;1H. The van der Waals surface area contributed by atoms with Crippen LogP contribution in [0.25, 0.3) is 0 Å². The Morgan fingerprint density at radius 1 is 0.857 bits per heavy atom. The highest BCUT2D eigenvalue weighted by atomic mass is 32.1. The van der Waals surface area contributed by atoms with Gasteiger partial charge in [0.1, 0.15) is 0 Å².